The molecular weight excluding hydrogens is 268 g/mol. The summed E-state index contributed by atoms with van der Waals surface area (Å²) in [4.78, 5) is 12.1. The largest absolute Gasteiger partial charge is 0.508 e. The van der Waals surface area contributed by atoms with Gasteiger partial charge in [-0.15, -0.1) is 0 Å². The number of nitrogens with two attached hydrogens (primary N) is 1. The van der Waals surface area contributed by atoms with Crippen LogP contribution >= 0.6 is 0 Å². The number of fused-ring (bicyclic) bond motifs is 1. The molecule has 0 saturated heterocycles. The lowest BCUT2D eigenvalue weighted by molar-refractivity contribution is 0.0950. The van der Waals surface area contributed by atoms with E-state index in [1.54, 1.807) is 18.2 Å². The number of nitrogens with one attached hydrogen (secondary N) is 1. The highest BCUT2D eigenvalue weighted by Gasteiger charge is 2.14. The predicted molar refractivity (Wildman–Crippen MR) is 78.6 cm³/mol. The molecule has 1 aliphatic heterocycles. The maximum Gasteiger partial charge on any atom is 0.251 e. The highest BCUT2D eigenvalue weighted by molar-refractivity contribution is 5.94. The third kappa shape index (κ3) is 2.83. The zero-order valence-electron chi connectivity index (χ0n) is 11.4. The number of hydrogen-bond donors (Lipinski definition) is 3. The van der Waals surface area contributed by atoms with Gasteiger partial charge in [0.15, 0.2) is 0 Å². The molecule has 0 spiro atoms. The molecule has 1 aliphatic rings. The van der Waals surface area contributed by atoms with E-state index in [0.717, 1.165) is 11.1 Å². The number of amides is 1. The van der Waals surface area contributed by atoms with Crippen molar-refractivity contribution in [3.8, 4) is 5.75 Å². The molecule has 108 valence electrons. The van der Waals surface area contributed by atoms with E-state index in [9.17, 15) is 9.90 Å². The van der Waals surface area contributed by atoms with Crippen molar-refractivity contribution in [2.24, 2.45) is 0 Å². The average Bonchev–Trinajstić information content (AvgIpc) is 2.95. The van der Waals surface area contributed by atoms with Crippen LogP contribution in [-0.2, 0) is 24.5 Å². The molecule has 1 amide bonds. The van der Waals surface area contributed by atoms with Gasteiger partial charge in [0.05, 0.1) is 13.2 Å². The second-order valence-corrected chi connectivity index (χ2v) is 5.05. The van der Waals surface area contributed by atoms with Crippen molar-refractivity contribution in [3.05, 3.63) is 58.7 Å². The smallest absolute Gasteiger partial charge is 0.251 e. The molecule has 0 radical (unpaired) electrons. The SMILES string of the molecule is Nc1ccc(O)c(CNC(=O)c2ccc3c(c2)COC3)c1. The summed E-state index contributed by atoms with van der Waals surface area (Å²) < 4.78 is 5.33. The van der Waals surface area contributed by atoms with Gasteiger partial charge in [-0.2, -0.15) is 0 Å². The first kappa shape index (κ1) is 13.5. The minimum Gasteiger partial charge on any atom is -0.508 e. The van der Waals surface area contributed by atoms with Crippen molar-refractivity contribution in [1.82, 2.24) is 5.32 Å². The van der Waals surface area contributed by atoms with Crippen molar-refractivity contribution >= 4 is 11.6 Å². The molecule has 2 aromatic carbocycles. The van der Waals surface area contributed by atoms with Gasteiger partial charge < -0.3 is 20.9 Å². The number of carbonyl (C=O) groups is 1. The van der Waals surface area contributed by atoms with E-state index in [1.165, 1.54) is 6.07 Å². The summed E-state index contributed by atoms with van der Waals surface area (Å²) >= 11 is 0. The number of anilines is 1. The van der Waals surface area contributed by atoms with Crippen LogP contribution in [0.1, 0.15) is 27.0 Å². The van der Waals surface area contributed by atoms with Gasteiger partial charge in [-0.1, -0.05) is 6.07 Å². The van der Waals surface area contributed by atoms with E-state index in [0.29, 0.717) is 30.0 Å². The number of hydrogen-bond acceptors (Lipinski definition) is 4. The van der Waals surface area contributed by atoms with Crippen molar-refractivity contribution < 1.29 is 14.6 Å². The van der Waals surface area contributed by atoms with E-state index < -0.39 is 0 Å². The number of phenols is 1. The Balaban J connectivity index is 1.70. The van der Waals surface area contributed by atoms with Crippen molar-refractivity contribution in [2.75, 3.05) is 5.73 Å². The maximum atomic E-state index is 12.1. The Bertz CT molecular complexity index is 698. The molecule has 1 heterocycles. The Hall–Kier alpha value is -2.53. The van der Waals surface area contributed by atoms with Gasteiger partial charge in [0.25, 0.3) is 5.91 Å². The van der Waals surface area contributed by atoms with Crippen LogP contribution in [0, 0.1) is 0 Å². The van der Waals surface area contributed by atoms with Gasteiger partial charge in [0.2, 0.25) is 0 Å². The summed E-state index contributed by atoms with van der Waals surface area (Å²) in [7, 11) is 0. The molecule has 0 aliphatic carbocycles. The first-order valence-corrected chi connectivity index (χ1v) is 6.68. The second kappa shape index (κ2) is 5.46. The first-order chi connectivity index (χ1) is 10.1. The van der Waals surface area contributed by atoms with E-state index in [1.807, 2.05) is 12.1 Å². The van der Waals surface area contributed by atoms with E-state index in [-0.39, 0.29) is 18.2 Å². The maximum absolute atomic E-state index is 12.1. The Morgan fingerprint density at radius 3 is 2.86 bits per heavy atom. The molecule has 4 N–H and O–H groups in total. The molecule has 5 nitrogen and oxygen atoms in total. The summed E-state index contributed by atoms with van der Waals surface area (Å²) in [6.45, 7) is 1.38. The topological polar surface area (TPSA) is 84.6 Å². The normalized spacial score (nSPS) is 13.0. The number of aromatic hydroxyl groups is 1. The molecule has 0 bridgehead atoms. The van der Waals surface area contributed by atoms with Crippen LogP contribution in [0.5, 0.6) is 5.75 Å². The lowest BCUT2D eigenvalue weighted by Crippen LogP contribution is -2.23. The molecule has 5 heteroatoms. The van der Waals surface area contributed by atoms with Gasteiger partial charge in [-0.3, -0.25) is 4.79 Å². The molecule has 2 aromatic rings. The van der Waals surface area contributed by atoms with Crippen LogP contribution in [0.3, 0.4) is 0 Å². The Morgan fingerprint density at radius 1 is 1.19 bits per heavy atom. The van der Waals surface area contributed by atoms with Gasteiger partial charge in [0, 0.05) is 23.4 Å². The van der Waals surface area contributed by atoms with Crippen LogP contribution in [0.15, 0.2) is 36.4 Å². The number of phenolic OH excluding ortho intramolecular Hbond substituents is 1. The molecule has 0 unspecified atom stereocenters. The molecular formula is C16H16N2O3. The summed E-state index contributed by atoms with van der Waals surface area (Å²) in [5.74, 6) is -0.0709. The average molecular weight is 284 g/mol. The lowest BCUT2D eigenvalue weighted by Gasteiger charge is -2.09. The third-order valence-electron chi connectivity index (χ3n) is 3.53. The Morgan fingerprint density at radius 2 is 2.00 bits per heavy atom. The molecule has 3 rings (SSSR count). The van der Waals surface area contributed by atoms with Crippen LogP contribution in [0.25, 0.3) is 0 Å². The number of benzene rings is 2. The van der Waals surface area contributed by atoms with Gasteiger partial charge in [0.1, 0.15) is 5.75 Å². The fraction of sp³-hybridized carbons (Fsp3) is 0.188. The van der Waals surface area contributed by atoms with Crippen LogP contribution in [0.2, 0.25) is 0 Å². The molecule has 0 aromatic heterocycles. The zero-order valence-corrected chi connectivity index (χ0v) is 11.4. The van der Waals surface area contributed by atoms with Crippen LogP contribution in [-0.4, -0.2) is 11.0 Å². The number of carbonyl (C=O) groups excluding carboxylic acids is 1. The summed E-state index contributed by atoms with van der Waals surface area (Å²) in [5, 5.41) is 12.5. The summed E-state index contributed by atoms with van der Waals surface area (Å²) in [5.41, 5.74) is 9.57. The standard InChI is InChI=1S/C16H16N2O3/c17-14-3-4-15(19)12(6-14)7-18-16(20)10-1-2-11-8-21-9-13(11)5-10/h1-6,19H,7-9,17H2,(H,18,20). The minimum absolute atomic E-state index is 0.117. The Kier molecular flexibility index (Phi) is 3.50. The highest BCUT2D eigenvalue weighted by atomic mass is 16.5. The Labute approximate surface area is 122 Å². The number of rotatable bonds is 3. The van der Waals surface area contributed by atoms with Crippen LogP contribution in [0.4, 0.5) is 5.69 Å². The van der Waals surface area contributed by atoms with Crippen LogP contribution < -0.4 is 11.1 Å². The van der Waals surface area contributed by atoms with E-state index >= 15 is 0 Å². The van der Waals surface area contributed by atoms with Crippen molar-refractivity contribution in [1.29, 1.82) is 0 Å². The fourth-order valence-corrected chi connectivity index (χ4v) is 2.34. The molecule has 0 atom stereocenters. The third-order valence-corrected chi connectivity index (χ3v) is 3.53. The first-order valence-electron chi connectivity index (χ1n) is 6.68. The molecule has 21 heavy (non-hydrogen) atoms. The summed E-state index contributed by atoms with van der Waals surface area (Å²) in [6, 6.07) is 10.3. The van der Waals surface area contributed by atoms with Crippen molar-refractivity contribution in [3.63, 3.8) is 0 Å². The second-order valence-electron chi connectivity index (χ2n) is 5.05. The van der Waals surface area contributed by atoms with E-state index in [2.05, 4.69) is 5.32 Å². The summed E-state index contributed by atoms with van der Waals surface area (Å²) in [6.07, 6.45) is 0. The number of nitrogen functional groups attached to an aromatic ring is 1. The minimum atomic E-state index is -0.188. The van der Waals surface area contributed by atoms with Gasteiger partial charge in [-0.25, -0.2) is 0 Å². The van der Waals surface area contributed by atoms with Gasteiger partial charge in [-0.05, 0) is 41.5 Å². The fourth-order valence-electron chi connectivity index (χ4n) is 2.34. The van der Waals surface area contributed by atoms with E-state index in [4.69, 9.17) is 10.5 Å². The zero-order chi connectivity index (χ0) is 14.8. The predicted octanol–water partition coefficient (Wildman–Crippen LogP) is 1.93. The molecule has 0 saturated carbocycles. The van der Waals surface area contributed by atoms with Gasteiger partial charge >= 0.3 is 0 Å². The monoisotopic (exact) mass is 284 g/mol. The molecule has 0 fully saturated rings. The lowest BCUT2D eigenvalue weighted by atomic mass is 10.1. The number of ether oxygens (including phenoxy) is 1. The quantitative estimate of drug-likeness (QED) is 0.594. The highest BCUT2D eigenvalue weighted by Crippen LogP contribution is 2.22. The van der Waals surface area contributed by atoms with Crippen molar-refractivity contribution in [2.45, 2.75) is 19.8 Å².